The Morgan fingerprint density at radius 2 is 1.32 bits per heavy atom. The van der Waals surface area contributed by atoms with E-state index in [1.54, 1.807) is 7.11 Å². The number of rotatable bonds is 4. The van der Waals surface area contributed by atoms with E-state index in [0.29, 0.717) is 6.10 Å². The van der Waals surface area contributed by atoms with Gasteiger partial charge in [0.1, 0.15) is 11.5 Å². The highest BCUT2D eigenvalue weighted by Gasteiger charge is 1.98. The topological polar surface area (TPSA) is 18.5 Å². The molecule has 19 heavy (non-hydrogen) atoms. The molecule has 102 valence electrons. The highest BCUT2D eigenvalue weighted by molar-refractivity contribution is 5.21. The molecule has 0 heterocycles. The van der Waals surface area contributed by atoms with E-state index in [1.165, 1.54) is 0 Å². The van der Waals surface area contributed by atoms with E-state index in [4.69, 9.17) is 9.47 Å². The fourth-order valence-electron chi connectivity index (χ4n) is 1.37. The molecule has 0 aliphatic carbocycles. The smallest absolute Gasteiger partial charge is 0.119 e. The van der Waals surface area contributed by atoms with Gasteiger partial charge < -0.3 is 9.47 Å². The zero-order chi connectivity index (χ0) is 13.9. The van der Waals surface area contributed by atoms with Gasteiger partial charge in [0.15, 0.2) is 0 Å². The number of ether oxygens (including phenoxy) is 2. The Labute approximate surface area is 116 Å². The van der Waals surface area contributed by atoms with Crippen molar-refractivity contribution in [2.45, 2.75) is 26.4 Å². The van der Waals surface area contributed by atoms with Crippen LogP contribution in [-0.2, 0) is 0 Å². The molecule has 2 nitrogen and oxygen atoms in total. The van der Waals surface area contributed by atoms with E-state index in [-0.39, 0.29) is 0 Å². The van der Waals surface area contributed by atoms with Gasteiger partial charge in [-0.05, 0) is 37.6 Å². The second-order valence-electron chi connectivity index (χ2n) is 4.17. The van der Waals surface area contributed by atoms with E-state index in [0.717, 1.165) is 17.9 Å². The molecule has 0 amide bonds. The van der Waals surface area contributed by atoms with Gasteiger partial charge >= 0.3 is 0 Å². The van der Waals surface area contributed by atoms with Gasteiger partial charge in [-0.25, -0.2) is 0 Å². The maximum absolute atomic E-state index is 5.56. The summed E-state index contributed by atoms with van der Waals surface area (Å²) in [4.78, 5) is 0. The van der Waals surface area contributed by atoms with Crippen molar-refractivity contribution >= 4 is 0 Å². The van der Waals surface area contributed by atoms with E-state index in [2.05, 4.69) is 13.8 Å². The van der Waals surface area contributed by atoms with Crippen LogP contribution < -0.4 is 9.47 Å². The average Bonchev–Trinajstić information content (AvgIpc) is 2.49. The molecule has 0 N–H and O–H groups in total. The second-order valence-corrected chi connectivity index (χ2v) is 4.17. The third-order valence-corrected chi connectivity index (χ3v) is 2.63. The van der Waals surface area contributed by atoms with Crippen LogP contribution in [0.5, 0.6) is 11.5 Å². The predicted octanol–water partition coefficient (Wildman–Crippen LogP) is 4.56. The summed E-state index contributed by atoms with van der Waals surface area (Å²) in [7, 11) is 1.66. The van der Waals surface area contributed by atoms with Crippen molar-refractivity contribution in [3.05, 3.63) is 60.7 Å². The van der Waals surface area contributed by atoms with Gasteiger partial charge in [0.2, 0.25) is 0 Å². The summed E-state index contributed by atoms with van der Waals surface area (Å²) in [5.74, 6) is 1.87. The summed E-state index contributed by atoms with van der Waals surface area (Å²) < 4.78 is 10.5. The number of hydrogen-bond donors (Lipinski definition) is 0. The Hall–Kier alpha value is -1.96. The largest absolute Gasteiger partial charge is 0.497 e. The summed E-state index contributed by atoms with van der Waals surface area (Å²) in [6.45, 7) is 4.20. The first-order valence-electron chi connectivity index (χ1n) is 6.57. The first kappa shape index (κ1) is 15.1. The molecule has 2 aromatic rings. The third kappa shape index (κ3) is 6.51. The average molecular weight is 258 g/mol. The molecule has 0 radical (unpaired) electrons. The van der Waals surface area contributed by atoms with Gasteiger partial charge in [-0.1, -0.05) is 43.3 Å². The van der Waals surface area contributed by atoms with Crippen molar-refractivity contribution in [2.75, 3.05) is 7.11 Å². The minimum absolute atomic E-state index is 0.317. The fourth-order valence-corrected chi connectivity index (χ4v) is 1.37. The Morgan fingerprint density at radius 1 is 0.842 bits per heavy atom. The zero-order valence-electron chi connectivity index (χ0n) is 11.9. The molecule has 0 bridgehead atoms. The molecule has 0 aromatic heterocycles. The Morgan fingerprint density at radius 3 is 1.68 bits per heavy atom. The lowest BCUT2D eigenvalue weighted by molar-refractivity contribution is 0.217. The molecular formula is C17H22O2. The Bertz CT molecular complexity index is 426. The molecule has 0 fully saturated rings. The van der Waals surface area contributed by atoms with Gasteiger partial charge in [0, 0.05) is 0 Å². The fraction of sp³-hybridized carbons (Fsp3) is 0.294. The minimum atomic E-state index is 0.317. The summed E-state index contributed by atoms with van der Waals surface area (Å²) in [5.41, 5.74) is 0. The van der Waals surface area contributed by atoms with E-state index < -0.39 is 0 Å². The summed E-state index contributed by atoms with van der Waals surface area (Å²) in [5, 5.41) is 0. The van der Waals surface area contributed by atoms with Crippen LogP contribution in [0.25, 0.3) is 0 Å². The van der Waals surface area contributed by atoms with Gasteiger partial charge in [-0.15, -0.1) is 0 Å². The molecule has 0 spiro atoms. The van der Waals surface area contributed by atoms with Crippen molar-refractivity contribution in [1.82, 2.24) is 0 Å². The molecule has 2 aromatic carbocycles. The lowest BCUT2D eigenvalue weighted by atomic mass is 10.3. The molecule has 0 saturated heterocycles. The number of benzene rings is 2. The van der Waals surface area contributed by atoms with E-state index in [9.17, 15) is 0 Å². The van der Waals surface area contributed by atoms with Crippen molar-refractivity contribution in [3.63, 3.8) is 0 Å². The maximum Gasteiger partial charge on any atom is 0.119 e. The lowest BCUT2D eigenvalue weighted by Crippen LogP contribution is -2.09. The third-order valence-electron chi connectivity index (χ3n) is 2.63. The van der Waals surface area contributed by atoms with Crippen molar-refractivity contribution < 1.29 is 9.47 Å². The van der Waals surface area contributed by atoms with Gasteiger partial charge in [-0.3, -0.25) is 0 Å². The number of para-hydroxylation sites is 2. The molecule has 0 saturated carbocycles. The van der Waals surface area contributed by atoms with Crippen molar-refractivity contribution in [2.24, 2.45) is 0 Å². The minimum Gasteiger partial charge on any atom is -0.497 e. The molecule has 1 atom stereocenters. The van der Waals surface area contributed by atoms with Gasteiger partial charge in [0.25, 0.3) is 0 Å². The van der Waals surface area contributed by atoms with Crippen molar-refractivity contribution in [3.8, 4) is 11.5 Å². The Balaban J connectivity index is 0.000000200. The zero-order valence-corrected chi connectivity index (χ0v) is 11.9. The monoisotopic (exact) mass is 258 g/mol. The quantitative estimate of drug-likeness (QED) is 0.800. The molecule has 0 aliphatic heterocycles. The van der Waals surface area contributed by atoms with Crippen LogP contribution in [0.1, 0.15) is 20.3 Å². The highest BCUT2D eigenvalue weighted by atomic mass is 16.5. The molecule has 1 unspecified atom stereocenters. The second kappa shape index (κ2) is 9.03. The standard InChI is InChI=1S/C10H14O.C7H8O/c1-3-9(2)11-10-7-5-4-6-8-10;1-8-7-5-3-2-4-6-7/h4-9H,3H2,1-2H3;2-6H,1H3. The van der Waals surface area contributed by atoms with E-state index in [1.807, 2.05) is 60.7 Å². The van der Waals surface area contributed by atoms with Crippen LogP contribution in [0.3, 0.4) is 0 Å². The van der Waals surface area contributed by atoms with Crippen LogP contribution in [0.4, 0.5) is 0 Å². The first-order chi connectivity index (χ1) is 9.26. The van der Waals surface area contributed by atoms with Crippen LogP contribution >= 0.6 is 0 Å². The van der Waals surface area contributed by atoms with Crippen LogP contribution in [0.15, 0.2) is 60.7 Å². The van der Waals surface area contributed by atoms with Crippen LogP contribution in [-0.4, -0.2) is 13.2 Å². The molecule has 2 heteroatoms. The maximum atomic E-state index is 5.56. The lowest BCUT2D eigenvalue weighted by Gasteiger charge is -2.11. The molecule has 2 rings (SSSR count). The molecular weight excluding hydrogens is 236 g/mol. The van der Waals surface area contributed by atoms with Crippen LogP contribution in [0, 0.1) is 0 Å². The Kier molecular flexibility index (Phi) is 7.18. The van der Waals surface area contributed by atoms with E-state index >= 15 is 0 Å². The van der Waals surface area contributed by atoms with Crippen LogP contribution in [0.2, 0.25) is 0 Å². The molecule has 0 aliphatic rings. The van der Waals surface area contributed by atoms with Gasteiger partial charge in [0.05, 0.1) is 13.2 Å². The normalized spacial score (nSPS) is 10.9. The van der Waals surface area contributed by atoms with Crippen molar-refractivity contribution in [1.29, 1.82) is 0 Å². The van der Waals surface area contributed by atoms with Gasteiger partial charge in [-0.2, -0.15) is 0 Å². The number of hydrogen-bond acceptors (Lipinski definition) is 2. The SMILES string of the molecule is CCC(C)Oc1ccccc1.COc1ccccc1. The summed E-state index contributed by atoms with van der Waals surface area (Å²) in [6, 6.07) is 19.6. The number of methoxy groups -OCH3 is 1. The first-order valence-corrected chi connectivity index (χ1v) is 6.57. The summed E-state index contributed by atoms with van der Waals surface area (Å²) in [6.07, 6.45) is 1.37. The summed E-state index contributed by atoms with van der Waals surface area (Å²) >= 11 is 0. The predicted molar refractivity (Wildman–Crippen MR) is 79.8 cm³/mol. The highest BCUT2D eigenvalue weighted by Crippen LogP contribution is 2.11.